The molecule has 6 N–H and O–H groups in total. The van der Waals surface area contributed by atoms with Crippen LogP contribution in [0.5, 0.6) is 0 Å². The molecule has 0 heterocycles. The Kier molecular flexibility index (Phi) is 19.2. The van der Waals surface area contributed by atoms with Crippen LogP contribution in [0.15, 0.2) is 211 Å². The molecule has 60 heavy (non-hydrogen) atoms. The van der Waals surface area contributed by atoms with Crippen LogP contribution in [-0.4, -0.2) is 26.5 Å². The van der Waals surface area contributed by atoms with Crippen molar-refractivity contribution in [2.45, 2.75) is 60.5 Å². The van der Waals surface area contributed by atoms with E-state index in [0.717, 1.165) is 61.2 Å². The summed E-state index contributed by atoms with van der Waals surface area (Å²) in [6.07, 6.45) is 22.4. The second kappa shape index (κ2) is 24.2. The van der Waals surface area contributed by atoms with Gasteiger partial charge in [0.15, 0.2) is 11.5 Å². The van der Waals surface area contributed by atoms with Gasteiger partial charge in [0.05, 0.1) is 12.0 Å². The lowest BCUT2D eigenvalue weighted by atomic mass is 9.82. The molecular formula is C55H61NO4. The number of aliphatic hydroxyl groups is 4. The fourth-order valence-electron chi connectivity index (χ4n) is 6.80. The number of allylic oxidation sites excluding steroid dienone is 13. The summed E-state index contributed by atoms with van der Waals surface area (Å²) in [5.74, 6) is -2.42. The molecule has 1 aliphatic carbocycles. The van der Waals surface area contributed by atoms with Crippen LogP contribution in [0, 0.1) is 0 Å². The Bertz CT molecular complexity index is 2340. The monoisotopic (exact) mass is 799 g/mol. The number of rotatable bonds is 13. The fraction of sp³-hybridized carbons (Fsp3) is 0.164. The molecule has 2 unspecified atom stereocenters. The van der Waals surface area contributed by atoms with Crippen LogP contribution >= 0.6 is 0 Å². The molecule has 5 rings (SSSR count). The standard InChI is InChI=1S/C51H49NO4.2C2H6/c1-6-15-45(44(9-4)46(35(7-2)8-3)20-14-19-37-17-11-10-16-36(37)18-12-13-33-52)42-29-25-40(26-30-42)38-21-23-39(24-22-38)41-27-31-43(32-28-41)47-48(53)34(5)49(54)51(56)50(47)55;2*1-2/h6-33,47-48,53-56H,2,4,52H2,1,3,5H3;2*1-2H3/b15-6-,18-12-,19-14+,33-13+,35-8+,45-44-,46-20-;;. The second-order valence-electron chi connectivity index (χ2n) is 13.3. The number of nitrogens with two attached hydrogens (primary N) is 1. The van der Waals surface area contributed by atoms with E-state index in [1.54, 1.807) is 6.08 Å². The van der Waals surface area contributed by atoms with Gasteiger partial charge in [0, 0.05) is 5.57 Å². The summed E-state index contributed by atoms with van der Waals surface area (Å²) < 4.78 is 0. The summed E-state index contributed by atoms with van der Waals surface area (Å²) in [4.78, 5) is 0. The first-order chi connectivity index (χ1) is 29.2. The van der Waals surface area contributed by atoms with Crippen molar-refractivity contribution >= 4 is 17.7 Å². The zero-order valence-electron chi connectivity index (χ0n) is 36.1. The van der Waals surface area contributed by atoms with Crippen molar-refractivity contribution in [3.63, 3.8) is 0 Å². The Morgan fingerprint density at radius 2 is 1.15 bits per heavy atom. The molecule has 0 saturated heterocycles. The molecule has 310 valence electrons. The summed E-state index contributed by atoms with van der Waals surface area (Å²) in [6.45, 7) is 21.9. The van der Waals surface area contributed by atoms with E-state index in [2.05, 4.69) is 104 Å². The number of benzene rings is 4. The van der Waals surface area contributed by atoms with Crippen molar-refractivity contribution in [1.29, 1.82) is 0 Å². The third kappa shape index (κ3) is 11.4. The summed E-state index contributed by atoms with van der Waals surface area (Å²) in [5.41, 5.74) is 17.7. The van der Waals surface area contributed by atoms with Crippen molar-refractivity contribution in [2.75, 3.05) is 0 Å². The van der Waals surface area contributed by atoms with Crippen molar-refractivity contribution in [3.05, 3.63) is 233 Å². The lowest BCUT2D eigenvalue weighted by Crippen LogP contribution is -2.28. The van der Waals surface area contributed by atoms with Gasteiger partial charge in [-0.05, 0) is 99.8 Å². The third-order valence-corrected chi connectivity index (χ3v) is 9.90. The number of hydrogen-bond acceptors (Lipinski definition) is 5. The van der Waals surface area contributed by atoms with E-state index in [9.17, 15) is 20.4 Å². The highest BCUT2D eigenvalue weighted by Gasteiger charge is 2.36. The smallest absolute Gasteiger partial charge is 0.196 e. The number of hydrogen-bond donors (Lipinski definition) is 5. The van der Waals surface area contributed by atoms with Gasteiger partial charge < -0.3 is 26.2 Å². The fourth-order valence-corrected chi connectivity index (χ4v) is 6.80. The lowest BCUT2D eigenvalue weighted by molar-refractivity contribution is 0.138. The van der Waals surface area contributed by atoms with E-state index >= 15 is 0 Å². The lowest BCUT2D eigenvalue weighted by Gasteiger charge is -2.28. The summed E-state index contributed by atoms with van der Waals surface area (Å²) in [7, 11) is 0. The highest BCUT2D eigenvalue weighted by atomic mass is 16.3. The Balaban J connectivity index is 0.00000233. The molecule has 5 heteroatoms. The van der Waals surface area contributed by atoms with Crippen LogP contribution < -0.4 is 5.73 Å². The summed E-state index contributed by atoms with van der Waals surface area (Å²) >= 11 is 0. The van der Waals surface area contributed by atoms with Crippen molar-refractivity contribution in [3.8, 4) is 22.3 Å². The van der Waals surface area contributed by atoms with E-state index in [-0.39, 0.29) is 5.57 Å². The first kappa shape index (κ1) is 47.6. The molecule has 0 amide bonds. The highest BCUT2D eigenvalue weighted by molar-refractivity contribution is 5.85. The van der Waals surface area contributed by atoms with Gasteiger partial charge in [-0.25, -0.2) is 0 Å². The van der Waals surface area contributed by atoms with Crippen molar-refractivity contribution in [1.82, 2.24) is 0 Å². The molecule has 4 aromatic rings. The van der Waals surface area contributed by atoms with E-state index in [0.29, 0.717) is 5.56 Å². The van der Waals surface area contributed by atoms with Crippen LogP contribution in [0.1, 0.15) is 76.6 Å². The van der Waals surface area contributed by atoms with Crippen LogP contribution in [0.4, 0.5) is 0 Å². The molecule has 0 radical (unpaired) electrons. The molecule has 5 nitrogen and oxygen atoms in total. The molecule has 4 aromatic carbocycles. The van der Waals surface area contributed by atoms with Crippen LogP contribution in [0.2, 0.25) is 0 Å². The predicted octanol–water partition coefficient (Wildman–Crippen LogP) is 14.5. The van der Waals surface area contributed by atoms with Gasteiger partial charge in [-0.1, -0.05) is 199 Å². The van der Waals surface area contributed by atoms with Gasteiger partial charge in [0.2, 0.25) is 0 Å². The Labute approximate surface area is 358 Å². The summed E-state index contributed by atoms with van der Waals surface area (Å²) in [6, 6.07) is 32.5. The van der Waals surface area contributed by atoms with Crippen LogP contribution in [0.25, 0.3) is 40.0 Å². The van der Waals surface area contributed by atoms with E-state index in [4.69, 9.17) is 5.73 Å². The van der Waals surface area contributed by atoms with Crippen molar-refractivity contribution < 1.29 is 20.4 Å². The summed E-state index contributed by atoms with van der Waals surface area (Å²) in [5, 5.41) is 41.4. The maximum absolute atomic E-state index is 10.7. The molecule has 0 bridgehead atoms. The maximum Gasteiger partial charge on any atom is 0.196 e. The van der Waals surface area contributed by atoms with E-state index < -0.39 is 29.3 Å². The Morgan fingerprint density at radius 1 is 0.650 bits per heavy atom. The van der Waals surface area contributed by atoms with Gasteiger partial charge in [-0.3, -0.25) is 0 Å². The van der Waals surface area contributed by atoms with E-state index in [1.807, 2.05) is 108 Å². The van der Waals surface area contributed by atoms with Gasteiger partial charge >= 0.3 is 0 Å². The normalized spacial score (nSPS) is 16.5. The first-order valence-electron chi connectivity index (χ1n) is 20.5. The minimum absolute atomic E-state index is 0.206. The van der Waals surface area contributed by atoms with Gasteiger partial charge in [-0.2, -0.15) is 0 Å². The molecule has 0 aliphatic heterocycles. The highest BCUT2D eigenvalue weighted by Crippen LogP contribution is 2.39. The maximum atomic E-state index is 10.7. The second-order valence-corrected chi connectivity index (χ2v) is 13.3. The average molecular weight is 800 g/mol. The zero-order valence-corrected chi connectivity index (χ0v) is 36.1. The quantitative estimate of drug-likeness (QED) is 0.0866. The van der Waals surface area contributed by atoms with Gasteiger partial charge in [0.1, 0.15) is 5.76 Å². The topological polar surface area (TPSA) is 107 Å². The zero-order chi connectivity index (χ0) is 44.2. The number of aliphatic hydroxyl groups excluding tert-OH is 4. The minimum Gasteiger partial charge on any atom is -0.508 e. The SMILES string of the molecule is C=CC(/C(=C\C=C\c1ccccc1/C=C\C=C\N)C(/C=C)=C/C)=C(\C=C/C)c1ccc(-c2ccc(-c3ccc(C4C(O)=C(O)C(O)=C(C)C4O)cc3)cc2)cc1.CC.CC. The Morgan fingerprint density at radius 3 is 1.62 bits per heavy atom. The molecule has 0 saturated carbocycles. The first-order valence-corrected chi connectivity index (χ1v) is 20.5. The third-order valence-electron chi connectivity index (χ3n) is 9.90. The molecule has 0 fully saturated rings. The predicted molar refractivity (Wildman–Crippen MR) is 258 cm³/mol. The molecule has 1 aliphatic rings. The van der Waals surface area contributed by atoms with Crippen LogP contribution in [0.3, 0.4) is 0 Å². The van der Waals surface area contributed by atoms with Gasteiger partial charge in [0.25, 0.3) is 0 Å². The molecule has 0 spiro atoms. The van der Waals surface area contributed by atoms with Gasteiger partial charge in [-0.15, -0.1) is 0 Å². The molecule has 2 atom stereocenters. The largest absolute Gasteiger partial charge is 0.508 e. The average Bonchev–Trinajstić information content (AvgIpc) is 3.30. The van der Waals surface area contributed by atoms with Crippen LogP contribution in [-0.2, 0) is 0 Å². The van der Waals surface area contributed by atoms with Crippen molar-refractivity contribution in [2.24, 2.45) is 5.73 Å². The molecular weight excluding hydrogens is 739 g/mol. The minimum atomic E-state index is -1.16. The molecule has 0 aromatic heterocycles. The Hall–Kier alpha value is -6.82. The van der Waals surface area contributed by atoms with E-state index in [1.165, 1.54) is 13.1 Å².